The molecule has 0 amide bonds. The van der Waals surface area contributed by atoms with Crippen LogP contribution in [0, 0.1) is 5.82 Å². The molecule has 1 heterocycles. The maximum absolute atomic E-state index is 13.1. The van der Waals surface area contributed by atoms with Gasteiger partial charge in [0.2, 0.25) is 0 Å². The summed E-state index contributed by atoms with van der Waals surface area (Å²) < 4.78 is 20.5. The lowest BCUT2D eigenvalue weighted by Crippen LogP contribution is -2.12. The Morgan fingerprint density at radius 2 is 2.33 bits per heavy atom. The molecular weight excluding hydrogens is 233 g/mol. The maximum atomic E-state index is 13.1. The summed E-state index contributed by atoms with van der Waals surface area (Å²) >= 11 is 0. The van der Waals surface area contributed by atoms with Crippen molar-refractivity contribution >= 4 is 0 Å². The van der Waals surface area contributed by atoms with Crippen molar-refractivity contribution in [3.8, 4) is 5.75 Å². The topological polar surface area (TPSA) is 53.1 Å². The van der Waals surface area contributed by atoms with Crippen molar-refractivity contribution in [2.45, 2.75) is 19.5 Å². The van der Waals surface area contributed by atoms with E-state index in [-0.39, 0.29) is 11.9 Å². The van der Waals surface area contributed by atoms with E-state index >= 15 is 0 Å². The molecule has 0 unspecified atom stereocenters. The molecule has 1 atom stereocenters. The summed E-state index contributed by atoms with van der Waals surface area (Å²) in [5.41, 5.74) is 6.46. The van der Waals surface area contributed by atoms with Crippen LogP contribution in [0.2, 0.25) is 0 Å². The molecule has 96 valence electrons. The number of halogens is 1. The van der Waals surface area contributed by atoms with Gasteiger partial charge in [0.15, 0.2) is 0 Å². The lowest BCUT2D eigenvalue weighted by Gasteiger charge is -2.14. The number of benzene rings is 1. The van der Waals surface area contributed by atoms with Gasteiger partial charge in [0, 0.05) is 24.0 Å². The number of hydrogen-bond donors (Lipinski definition) is 1. The summed E-state index contributed by atoms with van der Waals surface area (Å²) in [7, 11) is 0. The van der Waals surface area contributed by atoms with Gasteiger partial charge in [0.05, 0.1) is 6.54 Å². The molecule has 18 heavy (non-hydrogen) atoms. The van der Waals surface area contributed by atoms with Crippen LogP contribution in [-0.2, 0) is 6.54 Å². The third-order valence-corrected chi connectivity index (χ3v) is 2.60. The average molecular weight is 249 g/mol. The number of nitrogens with two attached hydrogens (primary N) is 1. The van der Waals surface area contributed by atoms with E-state index < -0.39 is 0 Å². The number of aromatic nitrogens is 2. The molecule has 0 saturated heterocycles. The van der Waals surface area contributed by atoms with Gasteiger partial charge in [0.25, 0.3) is 0 Å². The Morgan fingerprint density at radius 3 is 3.00 bits per heavy atom. The minimum absolute atomic E-state index is 0.264. The molecule has 0 aliphatic rings. The smallest absolute Gasteiger partial charge is 0.124 e. The predicted molar refractivity (Wildman–Crippen MR) is 66.7 cm³/mol. The molecule has 1 aromatic carbocycles. The number of hydrogen-bond acceptors (Lipinski definition) is 3. The summed E-state index contributed by atoms with van der Waals surface area (Å²) in [5.74, 6) is 0.320. The standard InChI is InChI=1S/C13H16FN3O/c1-10(15)12-9-11(14)3-4-13(12)18-8-7-17-6-2-5-16-17/h2-6,9-10H,7-8,15H2,1H3/t10-/m1/s1. The highest BCUT2D eigenvalue weighted by Gasteiger charge is 2.09. The Morgan fingerprint density at radius 1 is 1.50 bits per heavy atom. The molecule has 0 bridgehead atoms. The summed E-state index contributed by atoms with van der Waals surface area (Å²) in [5, 5.41) is 4.07. The first-order valence-electron chi connectivity index (χ1n) is 5.82. The normalized spacial score (nSPS) is 12.4. The number of ether oxygens (including phenoxy) is 1. The van der Waals surface area contributed by atoms with Crippen molar-refractivity contribution < 1.29 is 9.13 Å². The van der Waals surface area contributed by atoms with E-state index in [4.69, 9.17) is 10.5 Å². The van der Waals surface area contributed by atoms with E-state index in [0.717, 1.165) is 0 Å². The first-order chi connectivity index (χ1) is 8.66. The Balaban J connectivity index is 2.00. The van der Waals surface area contributed by atoms with Crippen molar-refractivity contribution in [1.29, 1.82) is 0 Å². The van der Waals surface area contributed by atoms with Crippen LogP contribution in [0.3, 0.4) is 0 Å². The second-order valence-corrected chi connectivity index (χ2v) is 4.09. The average Bonchev–Trinajstić information content (AvgIpc) is 2.84. The third-order valence-electron chi connectivity index (χ3n) is 2.60. The molecule has 2 rings (SSSR count). The van der Waals surface area contributed by atoms with Crippen molar-refractivity contribution in [2.24, 2.45) is 5.73 Å². The third kappa shape index (κ3) is 3.07. The molecule has 2 N–H and O–H groups in total. The van der Waals surface area contributed by atoms with Gasteiger partial charge in [-0.15, -0.1) is 0 Å². The SMILES string of the molecule is C[C@@H](N)c1cc(F)ccc1OCCn1cccn1. The van der Waals surface area contributed by atoms with Crippen LogP contribution in [0.4, 0.5) is 4.39 Å². The zero-order valence-electron chi connectivity index (χ0n) is 10.2. The van der Waals surface area contributed by atoms with Crippen LogP contribution >= 0.6 is 0 Å². The largest absolute Gasteiger partial charge is 0.491 e. The summed E-state index contributed by atoms with van der Waals surface area (Å²) in [6.07, 6.45) is 3.58. The summed E-state index contributed by atoms with van der Waals surface area (Å²) in [6.45, 7) is 2.91. The van der Waals surface area contributed by atoms with Crippen LogP contribution in [0.1, 0.15) is 18.5 Å². The molecule has 4 nitrogen and oxygen atoms in total. The van der Waals surface area contributed by atoms with Gasteiger partial charge in [-0.3, -0.25) is 4.68 Å². The Bertz CT molecular complexity index is 497. The van der Waals surface area contributed by atoms with Gasteiger partial charge in [-0.05, 0) is 31.2 Å². The zero-order chi connectivity index (χ0) is 13.0. The van der Waals surface area contributed by atoms with Crippen LogP contribution < -0.4 is 10.5 Å². The molecule has 0 aliphatic carbocycles. The van der Waals surface area contributed by atoms with Gasteiger partial charge >= 0.3 is 0 Å². The molecule has 0 radical (unpaired) electrons. The first-order valence-corrected chi connectivity index (χ1v) is 5.82. The minimum atomic E-state index is -0.304. The molecule has 2 aromatic rings. The molecule has 0 saturated carbocycles. The van der Waals surface area contributed by atoms with Gasteiger partial charge < -0.3 is 10.5 Å². The lowest BCUT2D eigenvalue weighted by atomic mass is 10.1. The van der Waals surface area contributed by atoms with Crippen molar-refractivity contribution in [3.05, 3.63) is 48.0 Å². The Hall–Kier alpha value is -1.88. The highest BCUT2D eigenvalue weighted by molar-refractivity contribution is 5.36. The fourth-order valence-corrected chi connectivity index (χ4v) is 1.69. The number of rotatable bonds is 5. The quantitative estimate of drug-likeness (QED) is 0.883. The molecule has 5 heteroatoms. The van der Waals surface area contributed by atoms with Gasteiger partial charge in [-0.1, -0.05) is 0 Å². The monoisotopic (exact) mass is 249 g/mol. The van der Waals surface area contributed by atoms with Crippen molar-refractivity contribution in [3.63, 3.8) is 0 Å². The van der Waals surface area contributed by atoms with E-state index in [1.54, 1.807) is 23.9 Å². The molecular formula is C13H16FN3O. The van der Waals surface area contributed by atoms with E-state index in [2.05, 4.69) is 5.10 Å². The fraction of sp³-hybridized carbons (Fsp3) is 0.308. The van der Waals surface area contributed by atoms with E-state index in [9.17, 15) is 4.39 Å². The van der Waals surface area contributed by atoms with Gasteiger partial charge in [-0.2, -0.15) is 5.10 Å². The van der Waals surface area contributed by atoms with Crippen LogP contribution in [0.25, 0.3) is 0 Å². The Labute approximate surface area is 105 Å². The fourth-order valence-electron chi connectivity index (χ4n) is 1.69. The molecule has 0 spiro atoms. The zero-order valence-corrected chi connectivity index (χ0v) is 10.2. The summed E-state index contributed by atoms with van der Waals surface area (Å²) in [6, 6.07) is 5.98. The highest BCUT2D eigenvalue weighted by Crippen LogP contribution is 2.24. The van der Waals surface area contributed by atoms with Crippen molar-refractivity contribution in [1.82, 2.24) is 9.78 Å². The van der Waals surface area contributed by atoms with Crippen LogP contribution in [0.15, 0.2) is 36.7 Å². The number of nitrogens with zero attached hydrogens (tertiary/aromatic N) is 2. The van der Waals surface area contributed by atoms with E-state index in [1.165, 1.54) is 12.1 Å². The van der Waals surface area contributed by atoms with Crippen molar-refractivity contribution in [2.75, 3.05) is 6.61 Å². The first kappa shape index (κ1) is 12.6. The highest BCUT2D eigenvalue weighted by atomic mass is 19.1. The van der Waals surface area contributed by atoms with Crippen LogP contribution in [0.5, 0.6) is 5.75 Å². The molecule has 1 aromatic heterocycles. The van der Waals surface area contributed by atoms with E-state index in [0.29, 0.717) is 24.5 Å². The van der Waals surface area contributed by atoms with Gasteiger partial charge in [-0.25, -0.2) is 4.39 Å². The Kier molecular flexibility index (Phi) is 3.94. The molecule has 0 aliphatic heterocycles. The van der Waals surface area contributed by atoms with Crippen LogP contribution in [-0.4, -0.2) is 16.4 Å². The van der Waals surface area contributed by atoms with E-state index in [1.807, 2.05) is 12.3 Å². The van der Waals surface area contributed by atoms with Gasteiger partial charge in [0.1, 0.15) is 18.2 Å². The lowest BCUT2D eigenvalue weighted by molar-refractivity contribution is 0.287. The predicted octanol–water partition coefficient (Wildman–Crippen LogP) is 2.12. The second kappa shape index (κ2) is 5.64. The molecule has 0 fully saturated rings. The minimum Gasteiger partial charge on any atom is -0.491 e. The maximum Gasteiger partial charge on any atom is 0.124 e. The second-order valence-electron chi connectivity index (χ2n) is 4.09. The summed E-state index contributed by atoms with van der Waals surface area (Å²) in [4.78, 5) is 0.